The number of halogens is 1. The second-order valence-electron chi connectivity index (χ2n) is 4.56. The van der Waals surface area contributed by atoms with E-state index in [9.17, 15) is 0 Å². The molecule has 0 spiro atoms. The molecule has 100 valence electrons. The first kappa shape index (κ1) is 14.3. The summed E-state index contributed by atoms with van der Waals surface area (Å²) in [4.78, 5) is 0. The Balaban J connectivity index is 2.08. The Labute approximate surface area is 128 Å². The lowest BCUT2D eigenvalue weighted by Gasteiger charge is -2.12. The summed E-state index contributed by atoms with van der Waals surface area (Å²) in [7, 11) is 1.95. The van der Waals surface area contributed by atoms with Gasteiger partial charge in [0.2, 0.25) is 0 Å². The van der Waals surface area contributed by atoms with Gasteiger partial charge in [-0.15, -0.1) is 0 Å². The number of ether oxygens (including phenoxy) is 1. The van der Waals surface area contributed by atoms with Crippen LogP contribution in [0.4, 0.5) is 0 Å². The van der Waals surface area contributed by atoms with E-state index < -0.39 is 0 Å². The zero-order valence-corrected chi connectivity index (χ0v) is 13.4. The van der Waals surface area contributed by atoms with Crippen LogP contribution >= 0.6 is 22.6 Å². The van der Waals surface area contributed by atoms with Crippen molar-refractivity contribution < 1.29 is 4.74 Å². The third-order valence-corrected chi connectivity index (χ3v) is 3.61. The standard InChI is InChI=1S/C16H18INO/c1-12-3-8-16(14(9-12)10-18-2)19-11-13-4-6-15(17)7-5-13/h3-9,18H,10-11H2,1-2H3. The maximum absolute atomic E-state index is 5.93. The fourth-order valence-electron chi connectivity index (χ4n) is 1.92. The van der Waals surface area contributed by atoms with Gasteiger partial charge >= 0.3 is 0 Å². The van der Waals surface area contributed by atoms with Crippen molar-refractivity contribution in [2.75, 3.05) is 7.05 Å². The summed E-state index contributed by atoms with van der Waals surface area (Å²) in [5, 5.41) is 3.18. The Hall–Kier alpha value is -1.07. The van der Waals surface area contributed by atoms with Gasteiger partial charge in [0.1, 0.15) is 12.4 Å². The minimum Gasteiger partial charge on any atom is -0.489 e. The minimum absolute atomic E-state index is 0.608. The van der Waals surface area contributed by atoms with Crippen molar-refractivity contribution in [2.24, 2.45) is 0 Å². The van der Waals surface area contributed by atoms with Crippen molar-refractivity contribution >= 4 is 22.6 Å². The Kier molecular flexibility index (Phi) is 5.22. The highest BCUT2D eigenvalue weighted by molar-refractivity contribution is 14.1. The van der Waals surface area contributed by atoms with Crippen LogP contribution in [0.3, 0.4) is 0 Å². The van der Waals surface area contributed by atoms with E-state index in [1.807, 2.05) is 7.05 Å². The number of aryl methyl sites for hydroxylation is 1. The van der Waals surface area contributed by atoms with Crippen molar-refractivity contribution in [2.45, 2.75) is 20.1 Å². The Morgan fingerprint density at radius 3 is 2.53 bits per heavy atom. The van der Waals surface area contributed by atoms with E-state index >= 15 is 0 Å². The predicted molar refractivity (Wildman–Crippen MR) is 87.4 cm³/mol. The third kappa shape index (κ3) is 4.21. The highest BCUT2D eigenvalue weighted by Crippen LogP contribution is 2.21. The average Bonchev–Trinajstić information content (AvgIpc) is 2.40. The van der Waals surface area contributed by atoms with Gasteiger partial charge in [0.05, 0.1) is 0 Å². The van der Waals surface area contributed by atoms with Gasteiger partial charge in [-0.25, -0.2) is 0 Å². The molecule has 0 unspecified atom stereocenters. The van der Waals surface area contributed by atoms with Gasteiger partial charge in [-0.3, -0.25) is 0 Å². The topological polar surface area (TPSA) is 21.3 Å². The van der Waals surface area contributed by atoms with Crippen LogP contribution in [0, 0.1) is 10.5 Å². The van der Waals surface area contributed by atoms with E-state index in [2.05, 4.69) is 77.3 Å². The normalized spacial score (nSPS) is 10.5. The maximum atomic E-state index is 5.93. The van der Waals surface area contributed by atoms with Crippen molar-refractivity contribution in [3.05, 3.63) is 62.7 Å². The van der Waals surface area contributed by atoms with E-state index in [0.29, 0.717) is 6.61 Å². The summed E-state index contributed by atoms with van der Waals surface area (Å²) in [5.41, 5.74) is 3.65. The Morgan fingerprint density at radius 1 is 1.11 bits per heavy atom. The number of hydrogen-bond acceptors (Lipinski definition) is 2. The van der Waals surface area contributed by atoms with Crippen LogP contribution in [0.2, 0.25) is 0 Å². The summed E-state index contributed by atoms with van der Waals surface area (Å²) < 4.78 is 7.17. The summed E-state index contributed by atoms with van der Waals surface area (Å²) in [5.74, 6) is 0.957. The molecule has 0 saturated carbocycles. The molecule has 2 nitrogen and oxygen atoms in total. The van der Waals surface area contributed by atoms with Crippen molar-refractivity contribution in [1.29, 1.82) is 0 Å². The van der Waals surface area contributed by atoms with Crippen LogP contribution in [0.25, 0.3) is 0 Å². The van der Waals surface area contributed by atoms with Gasteiger partial charge in [0.15, 0.2) is 0 Å². The molecule has 0 fully saturated rings. The average molecular weight is 367 g/mol. The highest BCUT2D eigenvalue weighted by Gasteiger charge is 2.04. The van der Waals surface area contributed by atoms with Crippen molar-refractivity contribution in [3.8, 4) is 5.75 Å². The van der Waals surface area contributed by atoms with E-state index in [4.69, 9.17) is 4.74 Å². The quantitative estimate of drug-likeness (QED) is 0.810. The zero-order chi connectivity index (χ0) is 13.7. The lowest BCUT2D eigenvalue weighted by Crippen LogP contribution is -2.08. The summed E-state index contributed by atoms with van der Waals surface area (Å²) in [6, 6.07) is 14.7. The fourth-order valence-corrected chi connectivity index (χ4v) is 2.28. The van der Waals surface area contributed by atoms with E-state index in [-0.39, 0.29) is 0 Å². The molecule has 0 heterocycles. The van der Waals surface area contributed by atoms with Crippen LogP contribution in [-0.4, -0.2) is 7.05 Å². The molecule has 19 heavy (non-hydrogen) atoms. The van der Waals surface area contributed by atoms with E-state index in [0.717, 1.165) is 12.3 Å². The van der Waals surface area contributed by atoms with Crippen molar-refractivity contribution in [1.82, 2.24) is 5.32 Å². The summed E-state index contributed by atoms with van der Waals surface area (Å²) in [6.07, 6.45) is 0. The van der Waals surface area contributed by atoms with Crippen LogP contribution < -0.4 is 10.1 Å². The molecule has 2 aromatic rings. The van der Waals surface area contributed by atoms with Gasteiger partial charge < -0.3 is 10.1 Å². The molecule has 0 aromatic heterocycles. The molecule has 3 heteroatoms. The second-order valence-corrected chi connectivity index (χ2v) is 5.80. The molecule has 1 N–H and O–H groups in total. The molecule has 0 radical (unpaired) electrons. The van der Waals surface area contributed by atoms with Crippen LogP contribution in [0.15, 0.2) is 42.5 Å². The molecule has 0 bridgehead atoms. The van der Waals surface area contributed by atoms with Gasteiger partial charge in [0, 0.05) is 15.7 Å². The predicted octanol–water partition coefficient (Wildman–Crippen LogP) is 3.90. The molecule has 2 aromatic carbocycles. The smallest absolute Gasteiger partial charge is 0.124 e. The first-order chi connectivity index (χ1) is 9.19. The lowest BCUT2D eigenvalue weighted by molar-refractivity contribution is 0.302. The summed E-state index contributed by atoms with van der Waals surface area (Å²) in [6.45, 7) is 3.53. The van der Waals surface area contributed by atoms with Gasteiger partial charge in [-0.2, -0.15) is 0 Å². The van der Waals surface area contributed by atoms with E-state index in [1.54, 1.807) is 0 Å². The molecule has 0 aliphatic heterocycles. The third-order valence-electron chi connectivity index (χ3n) is 2.89. The molecule has 0 saturated heterocycles. The van der Waals surface area contributed by atoms with Crippen LogP contribution in [-0.2, 0) is 13.2 Å². The fraction of sp³-hybridized carbons (Fsp3) is 0.250. The van der Waals surface area contributed by atoms with Gasteiger partial charge in [-0.05, 0) is 60.3 Å². The maximum Gasteiger partial charge on any atom is 0.124 e. The Morgan fingerprint density at radius 2 is 1.84 bits per heavy atom. The number of benzene rings is 2. The Bertz CT molecular complexity index is 537. The van der Waals surface area contributed by atoms with E-state index in [1.165, 1.54) is 20.3 Å². The summed E-state index contributed by atoms with van der Waals surface area (Å²) >= 11 is 2.31. The molecule has 0 amide bonds. The monoisotopic (exact) mass is 367 g/mol. The van der Waals surface area contributed by atoms with Gasteiger partial charge in [0.25, 0.3) is 0 Å². The molecule has 0 aliphatic rings. The van der Waals surface area contributed by atoms with Gasteiger partial charge in [-0.1, -0.05) is 29.8 Å². The largest absolute Gasteiger partial charge is 0.489 e. The second kappa shape index (κ2) is 6.91. The number of rotatable bonds is 5. The van der Waals surface area contributed by atoms with Crippen molar-refractivity contribution in [3.63, 3.8) is 0 Å². The zero-order valence-electron chi connectivity index (χ0n) is 11.2. The van der Waals surface area contributed by atoms with Crippen LogP contribution in [0.1, 0.15) is 16.7 Å². The molecule has 2 rings (SSSR count). The molecule has 0 aliphatic carbocycles. The molecule has 0 atom stereocenters. The SMILES string of the molecule is CNCc1cc(C)ccc1OCc1ccc(I)cc1. The highest BCUT2D eigenvalue weighted by atomic mass is 127. The number of nitrogens with one attached hydrogen (secondary N) is 1. The van der Waals surface area contributed by atoms with Crippen LogP contribution in [0.5, 0.6) is 5.75 Å². The minimum atomic E-state index is 0.608. The lowest BCUT2D eigenvalue weighted by atomic mass is 10.1. The molecular formula is C16H18INO. The first-order valence-electron chi connectivity index (χ1n) is 6.30. The number of hydrogen-bond donors (Lipinski definition) is 1. The first-order valence-corrected chi connectivity index (χ1v) is 7.38. The molecular weight excluding hydrogens is 349 g/mol.